The summed E-state index contributed by atoms with van der Waals surface area (Å²) in [6, 6.07) is 5.01. The summed E-state index contributed by atoms with van der Waals surface area (Å²) in [7, 11) is -4.11. The first kappa shape index (κ1) is 13.2. The van der Waals surface area contributed by atoms with Gasteiger partial charge in [-0.25, -0.2) is 0 Å². The van der Waals surface area contributed by atoms with Crippen LogP contribution in [0.3, 0.4) is 0 Å². The first-order chi connectivity index (χ1) is 7.36. The second-order valence-corrected chi connectivity index (χ2v) is 5.60. The van der Waals surface area contributed by atoms with E-state index >= 15 is 0 Å². The Kier molecular flexibility index (Phi) is 4.10. The maximum Gasteiger partial charge on any atom is 0.294 e. The highest BCUT2D eigenvalue weighted by Crippen LogP contribution is 2.28. The molecule has 0 aliphatic carbocycles. The second-order valence-electron chi connectivity index (χ2n) is 4.21. The largest absolute Gasteiger partial charge is 0.294 e. The van der Waals surface area contributed by atoms with Gasteiger partial charge in [0, 0.05) is 0 Å². The van der Waals surface area contributed by atoms with E-state index in [1.165, 1.54) is 6.07 Å². The molecule has 0 amide bonds. The molecule has 1 aromatic rings. The van der Waals surface area contributed by atoms with Crippen molar-refractivity contribution in [3.8, 4) is 0 Å². The molecule has 16 heavy (non-hydrogen) atoms. The van der Waals surface area contributed by atoms with E-state index in [4.69, 9.17) is 4.55 Å². The van der Waals surface area contributed by atoms with E-state index in [1.807, 2.05) is 19.9 Å². The Morgan fingerprint density at radius 1 is 1.38 bits per heavy atom. The molecule has 1 N–H and O–H groups in total. The summed E-state index contributed by atoms with van der Waals surface area (Å²) in [5.74, 6) is 0.141. The molecule has 1 unspecified atom stereocenters. The van der Waals surface area contributed by atoms with Crippen molar-refractivity contribution < 1.29 is 13.0 Å². The van der Waals surface area contributed by atoms with Crippen LogP contribution in [0.2, 0.25) is 0 Å². The highest BCUT2D eigenvalue weighted by atomic mass is 32.2. The third-order valence-electron chi connectivity index (χ3n) is 2.70. The Balaban J connectivity index is 3.29. The highest BCUT2D eigenvalue weighted by Gasteiger charge is 2.18. The van der Waals surface area contributed by atoms with Crippen LogP contribution in [-0.4, -0.2) is 13.0 Å². The molecule has 90 valence electrons. The van der Waals surface area contributed by atoms with Crippen molar-refractivity contribution in [2.75, 3.05) is 0 Å². The van der Waals surface area contributed by atoms with Gasteiger partial charge in [-0.1, -0.05) is 38.0 Å². The van der Waals surface area contributed by atoms with Crippen LogP contribution >= 0.6 is 0 Å². The summed E-state index contributed by atoms with van der Waals surface area (Å²) in [5, 5.41) is 0. The molecule has 0 fully saturated rings. The van der Waals surface area contributed by atoms with Crippen LogP contribution in [0.4, 0.5) is 0 Å². The van der Waals surface area contributed by atoms with Crippen molar-refractivity contribution in [2.24, 2.45) is 0 Å². The first-order valence-electron chi connectivity index (χ1n) is 5.44. The monoisotopic (exact) mass is 242 g/mol. The number of hydrogen-bond donors (Lipinski definition) is 1. The van der Waals surface area contributed by atoms with Crippen molar-refractivity contribution in [3.63, 3.8) is 0 Å². The van der Waals surface area contributed by atoms with Crippen LogP contribution in [0.1, 0.15) is 43.7 Å². The highest BCUT2D eigenvalue weighted by molar-refractivity contribution is 7.85. The van der Waals surface area contributed by atoms with E-state index in [0.717, 1.165) is 18.4 Å². The SMILES string of the molecule is CCCC(C)c1cc(C)ccc1S(=O)(=O)O. The molecule has 3 nitrogen and oxygen atoms in total. The third-order valence-corrected chi connectivity index (χ3v) is 3.62. The molecular weight excluding hydrogens is 224 g/mol. The molecule has 0 aliphatic heterocycles. The summed E-state index contributed by atoms with van der Waals surface area (Å²) in [6.45, 7) is 5.95. The molecule has 0 saturated carbocycles. The molecule has 0 aliphatic rings. The van der Waals surface area contributed by atoms with Gasteiger partial charge in [-0.15, -0.1) is 0 Å². The summed E-state index contributed by atoms with van der Waals surface area (Å²) < 4.78 is 31.6. The van der Waals surface area contributed by atoms with Gasteiger partial charge >= 0.3 is 0 Å². The average molecular weight is 242 g/mol. The van der Waals surface area contributed by atoms with E-state index in [2.05, 4.69) is 6.92 Å². The fourth-order valence-corrected chi connectivity index (χ4v) is 2.67. The van der Waals surface area contributed by atoms with E-state index in [9.17, 15) is 8.42 Å². The van der Waals surface area contributed by atoms with Crippen molar-refractivity contribution in [3.05, 3.63) is 29.3 Å². The van der Waals surface area contributed by atoms with Crippen LogP contribution in [0, 0.1) is 6.92 Å². The maximum absolute atomic E-state index is 11.2. The molecule has 0 radical (unpaired) electrons. The predicted molar refractivity (Wildman–Crippen MR) is 64.3 cm³/mol. The van der Waals surface area contributed by atoms with Crippen molar-refractivity contribution >= 4 is 10.1 Å². The summed E-state index contributed by atoms with van der Waals surface area (Å²) in [5.41, 5.74) is 1.72. The van der Waals surface area contributed by atoms with Gasteiger partial charge in [-0.2, -0.15) is 8.42 Å². The van der Waals surface area contributed by atoms with Crippen LogP contribution < -0.4 is 0 Å². The molecule has 0 heterocycles. The predicted octanol–water partition coefficient (Wildman–Crippen LogP) is 3.15. The van der Waals surface area contributed by atoms with Crippen LogP contribution in [0.25, 0.3) is 0 Å². The Morgan fingerprint density at radius 3 is 2.50 bits per heavy atom. The lowest BCUT2D eigenvalue weighted by molar-refractivity contribution is 0.480. The Bertz CT molecular complexity index is 463. The Labute approximate surface area is 97.2 Å². The molecule has 0 saturated heterocycles. The zero-order valence-corrected chi connectivity index (χ0v) is 10.7. The molecule has 0 spiro atoms. The van der Waals surface area contributed by atoms with E-state index < -0.39 is 10.1 Å². The van der Waals surface area contributed by atoms with Gasteiger partial charge in [0.2, 0.25) is 0 Å². The number of aryl methyl sites for hydroxylation is 1. The lowest BCUT2D eigenvalue weighted by Gasteiger charge is -2.14. The minimum atomic E-state index is -4.11. The number of hydrogen-bond acceptors (Lipinski definition) is 2. The quantitative estimate of drug-likeness (QED) is 0.825. The summed E-state index contributed by atoms with van der Waals surface area (Å²) in [6.07, 6.45) is 1.89. The molecule has 4 heteroatoms. The van der Waals surface area contributed by atoms with Crippen molar-refractivity contribution in [1.29, 1.82) is 0 Å². The molecule has 0 aromatic heterocycles. The lowest BCUT2D eigenvalue weighted by Crippen LogP contribution is -2.06. The van der Waals surface area contributed by atoms with Gasteiger partial charge in [0.1, 0.15) is 0 Å². The topological polar surface area (TPSA) is 54.4 Å². The van der Waals surface area contributed by atoms with Crippen molar-refractivity contribution in [1.82, 2.24) is 0 Å². The van der Waals surface area contributed by atoms with Crippen LogP contribution in [0.5, 0.6) is 0 Å². The standard InChI is InChI=1S/C12H18O3S/c1-4-5-10(3)11-8-9(2)6-7-12(11)16(13,14)15/h6-8,10H,4-5H2,1-3H3,(H,13,14,15). The lowest BCUT2D eigenvalue weighted by atomic mass is 9.95. The number of benzene rings is 1. The van der Waals surface area contributed by atoms with Gasteiger partial charge in [0.25, 0.3) is 10.1 Å². The van der Waals surface area contributed by atoms with E-state index in [0.29, 0.717) is 5.56 Å². The average Bonchev–Trinajstić information content (AvgIpc) is 2.16. The fraction of sp³-hybridized carbons (Fsp3) is 0.500. The summed E-state index contributed by atoms with van der Waals surface area (Å²) in [4.78, 5) is 0.0408. The smallest absolute Gasteiger partial charge is 0.282 e. The van der Waals surface area contributed by atoms with Crippen LogP contribution in [-0.2, 0) is 10.1 Å². The zero-order valence-electron chi connectivity index (χ0n) is 9.90. The maximum atomic E-state index is 11.2. The van der Waals surface area contributed by atoms with Crippen molar-refractivity contribution in [2.45, 2.75) is 44.4 Å². The molecule has 0 bridgehead atoms. The van der Waals surface area contributed by atoms with Crippen LogP contribution in [0.15, 0.2) is 23.1 Å². The first-order valence-corrected chi connectivity index (χ1v) is 6.88. The fourth-order valence-electron chi connectivity index (χ4n) is 1.88. The van der Waals surface area contributed by atoms with Gasteiger partial charge < -0.3 is 0 Å². The molecule has 1 atom stereocenters. The Morgan fingerprint density at radius 2 is 2.00 bits per heavy atom. The van der Waals surface area contributed by atoms with Gasteiger partial charge in [0.05, 0.1) is 4.90 Å². The molecular formula is C12H18O3S. The summed E-state index contributed by atoms with van der Waals surface area (Å²) >= 11 is 0. The van der Waals surface area contributed by atoms with Gasteiger partial charge in [-0.3, -0.25) is 4.55 Å². The van der Waals surface area contributed by atoms with Gasteiger partial charge in [0.15, 0.2) is 0 Å². The van der Waals surface area contributed by atoms with E-state index in [-0.39, 0.29) is 10.8 Å². The van der Waals surface area contributed by atoms with Gasteiger partial charge in [-0.05, 0) is 30.9 Å². The van der Waals surface area contributed by atoms with E-state index in [1.54, 1.807) is 6.07 Å². The minimum Gasteiger partial charge on any atom is -0.282 e. The number of rotatable bonds is 4. The zero-order chi connectivity index (χ0) is 12.3. The second kappa shape index (κ2) is 4.97. The normalized spacial score (nSPS) is 13.8. The molecule has 1 rings (SSSR count). The molecule has 1 aromatic carbocycles. The minimum absolute atomic E-state index is 0.0408. The third kappa shape index (κ3) is 3.06. The Hall–Kier alpha value is -0.870.